The third kappa shape index (κ3) is 1.53. The van der Waals surface area contributed by atoms with Gasteiger partial charge in [0, 0.05) is 12.6 Å². The molecule has 80 valence electrons. The fourth-order valence-corrected chi connectivity index (χ4v) is 2.83. The molecule has 2 fully saturated rings. The molecule has 0 bridgehead atoms. The highest BCUT2D eigenvalue weighted by atomic mass is 16.4. The van der Waals surface area contributed by atoms with E-state index in [1.165, 1.54) is 0 Å². The number of carboxylic acid groups (broad SMARTS) is 1. The second kappa shape index (κ2) is 3.51. The van der Waals surface area contributed by atoms with E-state index in [4.69, 9.17) is 5.11 Å². The summed E-state index contributed by atoms with van der Waals surface area (Å²) in [5, 5.41) is 9.04. The Morgan fingerprint density at radius 2 is 2.14 bits per heavy atom. The maximum Gasteiger partial charge on any atom is 0.320 e. The molecule has 4 nitrogen and oxygen atoms in total. The molecule has 2 saturated heterocycles. The number of hydrogen-bond donors (Lipinski definition) is 1. The summed E-state index contributed by atoms with van der Waals surface area (Å²) in [6.07, 6.45) is 1.99. The van der Waals surface area contributed by atoms with Crippen LogP contribution in [0.3, 0.4) is 0 Å². The van der Waals surface area contributed by atoms with Crippen LogP contribution in [-0.4, -0.2) is 60.1 Å². The SMILES string of the molecule is CN1CCC2CC(C(=O)O)N(C)C2C1. The van der Waals surface area contributed by atoms with Gasteiger partial charge >= 0.3 is 5.97 Å². The van der Waals surface area contributed by atoms with Crippen molar-refractivity contribution in [2.24, 2.45) is 5.92 Å². The zero-order chi connectivity index (χ0) is 10.3. The highest BCUT2D eigenvalue weighted by Gasteiger charge is 2.44. The summed E-state index contributed by atoms with van der Waals surface area (Å²) in [7, 11) is 4.06. The van der Waals surface area contributed by atoms with Gasteiger partial charge in [0.05, 0.1) is 0 Å². The van der Waals surface area contributed by atoms with Gasteiger partial charge in [0.15, 0.2) is 0 Å². The standard InChI is InChI=1S/C10H18N2O2/c1-11-4-3-7-5-8(10(13)14)12(2)9(7)6-11/h7-9H,3-6H2,1-2H3,(H,13,14). The number of rotatable bonds is 1. The smallest absolute Gasteiger partial charge is 0.320 e. The Morgan fingerprint density at radius 1 is 1.43 bits per heavy atom. The first kappa shape index (κ1) is 9.93. The monoisotopic (exact) mass is 198 g/mol. The fourth-order valence-electron chi connectivity index (χ4n) is 2.83. The van der Waals surface area contributed by atoms with Crippen molar-refractivity contribution < 1.29 is 9.90 Å². The number of carboxylic acids is 1. The average molecular weight is 198 g/mol. The van der Waals surface area contributed by atoms with E-state index in [1.807, 2.05) is 11.9 Å². The molecule has 0 saturated carbocycles. The number of nitrogens with zero attached hydrogens (tertiary/aromatic N) is 2. The first-order chi connectivity index (χ1) is 6.59. The Bertz CT molecular complexity index is 244. The van der Waals surface area contributed by atoms with Gasteiger partial charge in [-0.1, -0.05) is 0 Å². The van der Waals surface area contributed by atoms with Gasteiger partial charge in [-0.05, 0) is 39.4 Å². The van der Waals surface area contributed by atoms with Crippen LogP contribution < -0.4 is 0 Å². The lowest BCUT2D eigenvalue weighted by Gasteiger charge is -2.35. The molecule has 2 aliphatic heterocycles. The second-order valence-electron chi connectivity index (χ2n) is 4.63. The van der Waals surface area contributed by atoms with E-state index in [0.717, 1.165) is 25.9 Å². The number of aliphatic carboxylic acids is 1. The normalized spacial score (nSPS) is 39.7. The third-order valence-corrected chi connectivity index (χ3v) is 3.75. The Morgan fingerprint density at radius 3 is 2.79 bits per heavy atom. The van der Waals surface area contributed by atoms with E-state index in [1.54, 1.807) is 0 Å². The minimum atomic E-state index is -0.662. The summed E-state index contributed by atoms with van der Waals surface area (Å²) in [6, 6.07) is 0.200. The molecule has 14 heavy (non-hydrogen) atoms. The molecule has 0 aromatic rings. The lowest BCUT2D eigenvalue weighted by molar-refractivity contribution is -0.142. The molecule has 0 aromatic carbocycles. The highest BCUT2D eigenvalue weighted by Crippen LogP contribution is 2.34. The van der Waals surface area contributed by atoms with Gasteiger partial charge in [0.2, 0.25) is 0 Å². The van der Waals surface area contributed by atoms with Crippen molar-refractivity contribution in [2.45, 2.75) is 24.9 Å². The first-order valence-electron chi connectivity index (χ1n) is 5.23. The molecule has 2 rings (SSSR count). The third-order valence-electron chi connectivity index (χ3n) is 3.75. The van der Waals surface area contributed by atoms with E-state index < -0.39 is 5.97 Å². The molecule has 3 unspecified atom stereocenters. The number of likely N-dealkylation sites (tertiary alicyclic amines) is 2. The van der Waals surface area contributed by atoms with Gasteiger partial charge in [0.25, 0.3) is 0 Å². The van der Waals surface area contributed by atoms with Gasteiger partial charge < -0.3 is 10.0 Å². The van der Waals surface area contributed by atoms with Crippen molar-refractivity contribution in [3.63, 3.8) is 0 Å². The van der Waals surface area contributed by atoms with Crippen molar-refractivity contribution >= 4 is 5.97 Å². The van der Waals surface area contributed by atoms with Crippen LogP contribution >= 0.6 is 0 Å². The van der Waals surface area contributed by atoms with Crippen molar-refractivity contribution in [3.8, 4) is 0 Å². The number of fused-ring (bicyclic) bond motifs is 1. The van der Waals surface area contributed by atoms with Crippen LogP contribution in [0.1, 0.15) is 12.8 Å². The maximum absolute atomic E-state index is 11.0. The Hall–Kier alpha value is -0.610. The summed E-state index contributed by atoms with van der Waals surface area (Å²) in [5.41, 5.74) is 0. The predicted octanol–water partition coefficient (Wildman–Crippen LogP) is 0.0954. The van der Waals surface area contributed by atoms with E-state index in [-0.39, 0.29) is 6.04 Å². The Labute approximate surface area is 84.5 Å². The van der Waals surface area contributed by atoms with Gasteiger partial charge in [-0.15, -0.1) is 0 Å². The molecule has 0 aromatic heterocycles. The molecule has 2 aliphatic rings. The van der Waals surface area contributed by atoms with E-state index in [2.05, 4.69) is 11.9 Å². The van der Waals surface area contributed by atoms with Crippen molar-refractivity contribution in [2.75, 3.05) is 27.2 Å². The van der Waals surface area contributed by atoms with Crippen LogP contribution in [0.4, 0.5) is 0 Å². The summed E-state index contributed by atoms with van der Waals surface area (Å²) in [6.45, 7) is 2.13. The summed E-state index contributed by atoms with van der Waals surface area (Å²) >= 11 is 0. The number of piperidine rings is 1. The van der Waals surface area contributed by atoms with E-state index in [0.29, 0.717) is 12.0 Å². The molecule has 0 aliphatic carbocycles. The predicted molar refractivity (Wildman–Crippen MR) is 53.2 cm³/mol. The van der Waals surface area contributed by atoms with Crippen molar-refractivity contribution in [3.05, 3.63) is 0 Å². The van der Waals surface area contributed by atoms with Crippen LogP contribution in [0.25, 0.3) is 0 Å². The van der Waals surface area contributed by atoms with Gasteiger partial charge in [-0.25, -0.2) is 0 Å². The minimum absolute atomic E-state index is 0.253. The zero-order valence-corrected chi connectivity index (χ0v) is 8.81. The quantitative estimate of drug-likeness (QED) is 0.649. The Balaban J connectivity index is 2.09. The summed E-state index contributed by atoms with van der Waals surface area (Å²) in [4.78, 5) is 15.3. The minimum Gasteiger partial charge on any atom is -0.480 e. The summed E-state index contributed by atoms with van der Waals surface area (Å²) in [5.74, 6) is -0.0677. The largest absolute Gasteiger partial charge is 0.480 e. The van der Waals surface area contributed by atoms with Crippen molar-refractivity contribution in [1.82, 2.24) is 9.80 Å². The first-order valence-corrected chi connectivity index (χ1v) is 5.23. The Kier molecular flexibility index (Phi) is 2.49. The topological polar surface area (TPSA) is 43.8 Å². The molecule has 4 heteroatoms. The number of carbonyl (C=O) groups is 1. The molecular formula is C10H18N2O2. The molecule has 0 spiro atoms. The fraction of sp³-hybridized carbons (Fsp3) is 0.900. The molecule has 1 N–H and O–H groups in total. The van der Waals surface area contributed by atoms with Gasteiger partial charge in [0.1, 0.15) is 6.04 Å². The van der Waals surface area contributed by atoms with Crippen LogP contribution in [0.5, 0.6) is 0 Å². The molecule has 0 amide bonds. The molecule has 3 atom stereocenters. The van der Waals surface area contributed by atoms with Crippen LogP contribution in [-0.2, 0) is 4.79 Å². The maximum atomic E-state index is 11.0. The number of likely N-dealkylation sites (N-methyl/N-ethyl adjacent to an activating group) is 2. The number of hydrogen-bond acceptors (Lipinski definition) is 3. The van der Waals surface area contributed by atoms with Crippen LogP contribution in [0.15, 0.2) is 0 Å². The summed E-state index contributed by atoms with van der Waals surface area (Å²) < 4.78 is 0. The van der Waals surface area contributed by atoms with Gasteiger partial charge in [-0.2, -0.15) is 0 Å². The molecular weight excluding hydrogens is 180 g/mol. The second-order valence-corrected chi connectivity index (χ2v) is 4.63. The zero-order valence-electron chi connectivity index (χ0n) is 8.81. The van der Waals surface area contributed by atoms with Crippen LogP contribution in [0.2, 0.25) is 0 Å². The average Bonchev–Trinajstić information content (AvgIpc) is 2.44. The van der Waals surface area contributed by atoms with Crippen LogP contribution in [0, 0.1) is 5.92 Å². The van der Waals surface area contributed by atoms with E-state index in [9.17, 15) is 4.79 Å². The van der Waals surface area contributed by atoms with Crippen molar-refractivity contribution in [1.29, 1.82) is 0 Å². The van der Waals surface area contributed by atoms with Gasteiger partial charge in [-0.3, -0.25) is 9.69 Å². The highest BCUT2D eigenvalue weighted by molar-refractivity contribution is 5.74. The molecule has 2 heterocycles. The lowest BCUT2D eigenvalue weighted by atomic mass is 9.91. The lowest BCUT2D eigenvalue weighted by Crippen LogP contribution is -2.47. The molecule has 0 radical (unpaired) electrons. The van der Waals surface area contributed by atoms with E-state index >= 15 is 0 Å².